The number of benzene rings is 1. The standard InChI is InChI=1S/C15H18Cl2N2O/c1-9(16)15-18-12-8-11(17)5-6-13(12)19(15)10(2)14-4-3-7-20-14/h5-6,8-10,14H,3-4,7H2,1-2H3. The summed E-state index contributed by atoms with van der Waals surface area (Å²) in [6.45, 7) is 4.97. The van der Waals surface area contributed by atoms with Crippen molar-refractivity contribution in [3.63, 3.8) is 0 Å². The summed E-state index contributed by atoms with van der Waals surface area (Å²) >= 11 is 12.4. The van der Waals surface area contributed by atoms with E-state index in [1.165, 1.54) is 0 Å². The van der Waals surface area contributed by atoms with Crippen LogP contribution in [-0.2, 0) is 4.74 Å². The van der Waals surface area contributed by atoms with Crippen LogP contribution in [0.5, 0.6) is 0 Å². The van der Waals surface area contributed by atoms with Crippen LogP contribution in [0.4, 0.5) is 0 Å². The smallest absolute Gasteiger partial charge is 0.128 e. The van der Waals surface area contributed by atoms with Crippen molar-refractivity contribution in [3.8, 4) is 0 Å². The van der Waals surface area contributed by atoms with Gasteiger partial charge in [-0.2, -0.15) is 0 Å². The molecule has 3 unspecified atom stereocenters. The van der Waals surface area contributed by atoms with Crippen LogP contribution in [0.15, 0.2) is 18.2 Å². The predicted octanol–water partition coefficient (Wildman–Crippen LogP) is 4.73. The second-order valence-corrected chi connectivity index (χ2v) is 6.47. The van der Waals surface area contributed by atoms with Crippen LogP contribution in [0.1, 0.15) is 43.9 Å². The van der Waals surface area contributed by atoms with Gasteiger partial charge in [0.15, 0.2) is 0 Å². The molecule has 0 spiro atoms. The number of rotatable bonds is 3. The monoisotopic (exact) mass is 312 g/mol. The number of halogens is 2. The molecule has 1 aliphatic heterocycles. The Bertz CT molecular complexity index is 618. The Balaban J connectivity index is 2.13. The van der Waals surface area contributed by atoms with Gasteiger partial charge in [-0.05, 0) is 44.9 Å². The Morgan fingerprint density at radius 2 is 2.20 bits per heavy atom. The number of ether oxygens (including phenoxy) is 1. The first-order chi connectivity index (χ1) is 9.58. The van der Waals surface area contributed by atoms with E-state index in [1.54, 1.807) is 0 Å². The number of alkyl halides is 1. The van der Waals surface area contributed by atoms with Crippen molar-refractivity contribution in [2.45, 2.75) is 44.2 Å². The largest absolute Gasteiger partial charge is 0.376 e. The summed E-state index contributed by atoms with van der Waals surface area (Å²) in [6.07, 6.45) is 2.45. The average Bonchev–Trinajstić information content (AvgIpc) is 3.04. The zero-order valence-corrected chi connectivity index (χ0v) is 13.2. The van der Waals surface area contributed by atoms with E-state index in [4.69, 9.17) is 27.9 Å². The van der Waals surface area contributed by atoms with Crippen LogP contribution in [0.2, 0.25) is 5.02 Å². The van der Waals surface area contributed by atoms with Crippen molar-refractivity contribution in [2.75, 3.05) is 6.61 Å². The molecule has 1 saturated heterocycles. The average molecular weight is 313 g/mol. The fourth-order valence-corrected chi connectivity index (χ4v) is 3.27. The van der Waals surface area contributed by atoms with Gasteiger partial charge < -0.3 is 9.30 Å². The summed E-state index contributed by atoms with van der Waals surface area (Å²) in [4.78, 5) is 4.66. The SMILES string of the molecule is CC(Cl)c1nc2cc(Cl)ccc2n1C(C)C1CCCO1. The Labute approximate surface area is 128 Å². The predicted molar refractivity (Wildman–Crippen MR) is 82.7 cm³/mol. The van der Waals surface area contributed by atoms with Crippen LogP contribution in [0.3, 0.4) is 0 Å². The number of hydrogen-bond donors (Lipinski definition) is 0. The summed E-state index contributed by atoms with van der Waals surface area (Å²) in [5.41, 5.74) is 1.96. The second-order valence-electron chi connectivity index (χ2n) is 5.38. The molecule has 0 aliphatic carbocycles. The Morgan fingerprint density at radius 3 is 2.85 bits per heavy atom. The van der Waals surface area contributed by atoms with E-state index in [0.717, 1.165) is 36.3 Å². The van der Waals surface area contributed by atoms with E-state index in [0.29, 0.717) is 5.02 Å². The first kappa shape index (κ1) is 14.2. The number of nitrogens with zero attached hydrogens (tertiary/aromatic N) is 2. The number of imidazole rings is 1. The van der Waals surface area contributed by atoms with Gasteiger partial charge in [-0.25, -0.2) is 4.98 Å². The molecule has 0 saturated carbocycles. The van der Waals surface area contributed by atoms with Crippen LogP contribution in [-0.4, -0.2) is 22.3 Å². The Morgan fingerprint density at radius 1 is 1.40 bits per heavy atom. The molecule has 3 nitrogen and oxygen atoms in total. The fraction of sp³-hybridized carbons (Fsp3) is 0.533. The molecule has 2 aromatic rings. The van der Waals surface area contributed by atoms with Crippen LogP contribution < -0.4 is 0 Å². The van der Waals surface area contributed by atoms with Crippen molar-refractivity contribution >= 4 is 34.2 Å². The summed E-state index contributed by atoms with van der Waals surface area (Å²) in [5, 5.41) is 0.547. The molecular formula is C15H18Cl2N2O. The lowest BCUT2D eigenvalue weighted by molar-refractivity contribution is 0.0736. The Kier molecular flexibility index (Phi) is 3.93. The Hall–Kier alpha value is -0.770. The molecule has 2 heterocycles. The summed E-state index contributed by atoms with van der Waals surface area (Å²) in [5.74, 6) is 0.881. The lowest BCUT2D eigenvalue weighted by Gasteiger charge is -2.23. The minimum atomic E-state index is -0.148. The van der Waals surface area contributed by atoms with Gasteiger partial charge in [-0.3, -0.25) is 0 Å². The summed E-state index contributed by atoms with van der Waals surface area (Å²) in [7, 11) is 0. The topological polar surface area (TPSA) is 27.1 Å². The summed E-state index contributed by atoms with van der Waals surface area (Å²) in [6, 6.07) is 6.02. The summed E-state index contributed by atoms with van der Waals surface area (Å²) < 4.78 is 8.04. The fourth-order valence-electron chi connectivity index (χ4n) is 2.95. The maximum Gasteiger partial charge on any atom is 0.128 e. The first-order valence-electron chi connectivity index (χ1n) is 7.01. The highest BCUT2D eigenvalue weighted by Crippen LogP contribution is 2.33. The van der Waals surface area contributed by atoms with Gasteiger partial charge in [0.2, 0.25) is 0 Å². The highest BCUT2D eigenvalue weighted by molar-refractivity contribution is 6.31. The van der Waals surface area contributed by atoms with Crippen LogP contribution >= 0.6 is 23.2 Å². The number of aromatic nitrogens is 2. The van der Waals surface area contributed by atoms with Gasteiger partial charge in [-0.1, -0.05) is 11.6 Å². The van der Waals surface area contributed by atoms with E-state index in [9.17, 15) is 0 Å². The normalized spacial score (nSPS) is 22.3. The molecule has 1 aromatic heterocycles. The van der Waals surface area contributed by atoms with Crippen molar-refractivity contribution in [1.82, 2.24) is 9.55 Å². The van der Waals surface area contributed by atoms with E-state index in [2.05, 4.69) is 16.5 Å². The lowest BCUT2D eigenvalue weighted by atomic mass is 10.1. The highest BCUT2D eigenvalue weighted by atomic mass is 35.5. The molecule has 20 heavy (non-hydrogen) atoms. The molecule has 3 rings (SSSR count). The van der Waals surface area contributed by atoms with Gasteiger partial charge >= 0.3 is 0 Å². The van der Waals surface area contributed by atoms with Crippen molar-refractivity contribution < 1.29 is 4.74 Å². The third-order valence-corrected chi connectivity index (χ3v) is 4.38. The second kappa shape index (κ2) is 5.55. The minimum Gasteiger partial charge on any atom is -0.376 e. The van der Waals surface area contributed by atoms with Gasteiger partial charge in [-0.15, -0.1) is 11.6 Å². The van der Waals surface area contributed by atoms with Crippen molar-refractivity contribution in [1.29, 1.82) is 0 Å². The molecule has 0 amide bonds. The third kappa shape index (κ3) is 2.43. The molecule has 3 atom stereocenters. The molecule has 0 N–H and O–H groups in total. The van der Waals surface area contributed by atoms with Gasteiger partial charge in [0.05, 0.1) is 28.6 Å². The molecule has 1 aliphatic rings. The third-order valence-electron chi connectivity index (χ3n) is 3.94. The molecule has 5 heteroatoms. The quantitative estimate of drug-likeness (QED) is 0.766. The van der Waals surface area contributed by atoms with E-state index in [1.807, 2.05) is 25.1 Å². The molecular weight excluding hydrogens is 295 g/mol. The van der Waals surface area contributed by atoms with Crippen molar-refractivity contribution in [2.24, 2.45) is 0 Å². The zero-order chi connectivity index (χ0) is 14.3. The van der Waals surface area contributed by atoms with Gasteiger partial charge in [0, 0.05) is 11.6 Å². The van der Waals surface area contributed by atoms with E-state index in [-0.39, 0.29) is 17.5 Å². The van der Waals surface area contributed by atoms with Gasteiger partial charge in [0.1, 0.15) is 5.82 Å². The van der Waals surface area contributed by atoms with Crippen LogP contribution in [0.25, 0.3) is 11.0 Å². The maximum atomic E-state index is 6.31. The zero-order valence-electron chi connectivity index (χ0n) is 11.6. The number of hydrogen-bond acceptors (Lipinski definition) is 2. The van der Waals surface area contributed by atoms with Crippen molar-refractivity contribution in [3.05, 3.63) is 29.0 Å². The van der Waals surface area contributed by atoms with E-state index >= 15 is 0 Å². The molecule has 1 fully saturated rings. The molecule has 0 bridgehead atoms. The minimum absolute atomic E-state index is 0.148. The first-order valence-corrected chi connectivity index (χ1v) is 7.82. The van der Waals surface area contributed by atoms with E-state index < -0.39 is 0 Å². The van der Waals surface area contributed by atoms with Crippen LogP contribution in [0, 0.1) is 0 Å². The molecule has 0 radical (unpaired) electrons. The number of fused-ring (bicyclic) bond motifs is 1. The maximum absolute atomic E-state index is 6.31. The highest BCUT2D eigenvalue weighted by Gasteiger charge is 2.28. The molecule has 1 aromatic carbocycles. The van der Waals surface area contributed by atoms with Gasteiger partial charge in [0.25, 0.3) is 0 Å². The lowest BCUT2D eigenvalue weighted by Crippen LogP contribution is -2.22. The molecule has 108 valence electrons.